The highest BCUT2D eigenvalue weighted by Gasteiger charge is 2.72. The number of amides is 1. The lowest BCUT2D eigenvalue weighted by molar-refractivity contribution is -0.137. The molecule has 8 atom stereocenters. The van der Waals surface area contributed by atoms with E-state index in [1.807, 2.05) is 4.90 Å². The molecule has 5 aliphatic rings. The SMILES string of the molecule is CO[C@@]12[C@H](COC(N)=O)C3=C(C(=O)C(C)=C(N)C3=O)N1C[C@@H]1N[C@@H]12.Nc1nc(F)nc2c1ncn2[C@@H]1O[C@H](CO)[C@@H](O)[C@@H]1O. The molecule has 44 heavy (non-hydrogen) atoms. The van der Waals surface area contributed by atoms with Gasteiger partial charge in [-0.2, -0.15) is 14.4 Å². The van der Waals surface area contributed by atoms with Crippen LogP contribution in [-0.2, 0) is 23.8 Å². The number of rotatable bonds is 5. The Balaban J connectivity index is 0.000000159. The van der Waals surface area contributed by atoms with E-state index in [9.17, 15) is 29.0 Å². The lowest BCUT2D eigenvalue weighted by Gasteiger charge is -2.39. The number of carbonyl (C=O) groups excluding carboxylic acids is 3. The van der Waals surface area contributed by atoms with E-state index in [0.29, 0.717) is 12.2 Å². The summed E-state index contributed by atoms with van der Waals surface area (Å²) in [6.07, 6.45) is -5.33. The maximum atomic E-state index is 13.2. The molecule has 236 valence electrons. The Morgan fingerprint density at radius 2 is 1.98 bits per heavy atom. The van der Waals surface area contributed by atoms with Crippen molar-refractivity contribution in [3.8, 4) is 0 Å². The number of nitrogens with two attached hydrogens (primary N) is 3. The van der Waals surface area contributed by atoms with E-state index in [2.05, 4.69) is 20.3 Å². The Bertz CT molecular complexity index is 1650. The molecule has 7 rings (SSSR count). The quantitative estimate of drug-likeness (QED) is 0.0971. The number of anilines is 1. The first-order chi connectivity index (χ1) is 20.9. The molecule has 4 aliphatic heterocycles. The summed E-state index contributed by atoms with van der Waals surface area (Å²) in [7, 11) is 1.52. The molecule has 0 radical (unpaired) electrons. The third-order valence-electron chi connectivity index (χ3n) is 8.69. The predicted octanol–water partition coefficient (Wildman–Crippen LogP) is -3.49. The number of fused-ring (bicyclic) bond motifs is 5. The normalized spacial score (nSPS) is 33.8. The number of ketones is 2. The second kappa shape index (κ2) is 10.4. The van der Waals surface area contributed by atoms with Crippen molar-refractivity contribution in [2.45, 2.75) is 49.3 Å². The van der Waals surface area contributed by atoms with Crippen LogP contribution in [0.1, 0.15) is 13.2 Å². The highest BCUT2D eigenvalue weighted by Crippen LogP contribution is 2.55. The summed E-state index contributed by atoms with van der Waals surface area (Å²) in [6.45, 7) is 1.45. The van der Waals surface area contributed by atoms with Crippen LogP contribution >= 0.6 is 0 Å². The maximum absolute atomic E-state index is 13.2. The largest absolute Gasteiger partial charge is 0.449 e. The average Bonchev–Trinajstić information content (AvgIpc) is 3.24. The van der Waals surface area contributed by atoms with E-state index in [0.717, 1.165) is 0 Å². The van der Waals surface area contributed by atoms with Crippen molar-refractivity contribution < 1.29 is 48.3 Å². The zero-order chi connectivity index (χ0) is 31.8. The zero-order valence-electron chi connectivity index (χ0n) is 23.4. The molecule has 0 unspecified atom stereocenters. The van der Waals surface area contributed by atoms with Gasteiger partial charge in [-0.15, -0.1) is 0 Å². The molecule has 19 heteroatoms. The fraction of sp³-hybridized carbons (Fsp3) is 0.520. The number of carbonyl (C=O) groups is 3. The van der Waals surface area contributed by atoms with E-state index in [4.69, 9.17) is 36.5 Å². The Kier molecular flexibility index (Phi) is 7.06. The number of aliphatic hydroxyl groups excluding tert-OH is 3. The lowest BCUT2D eigenvalue weighted by atomic mass is 9.82. The van der Waals surface area contributed by atoms with Crippen molar-refractivity contribution >= 4 is 34.6 Å². The van der Waals surface area contributed by atoms with Gasteiger partial charge in [-0.05, 0) is 6.92 Å². The first-order valence-electron chi connectivity index (χ1n) is 13.5. The van der Waals surface area contributed by atoms with Crippen molar-refractivity contribution in [1.29, 1.82) is 0 Å². The molecule has 0 aromatic carbocycles. The third-order valence-corrected chi connectivity index (χ3v) is 8.69. The maximum Gasteiger partial charge on any atom is 0.404 e. The van der Waals surface area contributed by atoms with Crippen molar-refractivity contribution in [2.24, 2.45) is 17.4 Å². The van der Waals surface area contributed by atoms with E-state index in [1.54, 1.807) is 0 Å². The zero-order valence-corrected chi connectivity index (χ0v) is 23.4. The number of hydrogen-bond acceptors (Lipinski definition) is 16. The highest BCUT2D eigenvalue weighted by molar-refractivity contribution is 6.25. The van der Waals surface area contributed by atoms with Gasteiger partial charge in [0.15, 0.2) is 28.9 Å². The number of methoxy groups -OCH3 is 1. The molecule has 10 N–H and O–H groups in total. The lowest BCUT2D eigenvalue weighted by Crippen LogP contribution is -2.55. The molecular formula is C25H30FN9O9. The van der Waals surface area contributed by atoms with Crippen LogP contribution in [0.4, 0.5) is 15.0 Å². The highest BCUT2D eigenvalue weighted by atomic mass is 19.1. The topological polar surface area (TPSA) is 286 Å². The molecule has 0 saturated carbocycles. The van der Waals surface area contributed by atoms with Gasteiger partial charge in [-0.1, -0.05) is 0 Å². The van der Waals surface area contributed by atoms with Crippen LogP contribution in [0.15, 0.2) is 28.9 Å². The summed E-state index contributed by atoms with van der Waals surface area (Å²) in [6, 6.07) is 0.109. The van der Waals surface area contributed by atoms with Crippen molar-refractivity contribution in [3.05, 3.63) is 34.9 Å². The Labute approximate surface area is 247 Å². The van der Waals surface area contributed by atoms with Gasteiger partial charge in [-0.25, -0.2) is 9.78 Å². The number of hydrogen-bond donors (Lipinski definition) is 7. The molecule has 6 heterocycles. The van der Waals surface area contributed by atoms with Crippen LogP contribution in [-0.4, -0.2) is 120 Å². The van der Waals surface area contributed by atoms with Gasteiger partial charge in [-0.3, -0.25) is 14.2 Å². The summed E-state index contributed by atoms with van der Waals surface area (Å²) >= 11 is 0. The predicted molar refractivity (Wildman–Crippen MR) is 143 cm³/mol. The van der Waals surface area contributed by atoms with Crippen molar-refractivity contribution in [2.75, 3.05) is 32.6 Å². The second-order valence-corrected chi connectivity index (χ2v) is 10.9. The number of imidazole rings is 1. The first-order valence-corrected chi connectivity index (χ1v) is 13.5. The summed E-state index contributed by atoms with van der Waals surface area (Å²) in [4.78, 5) is 49.3. The van der Waals surface area contributed by atoms with Crippen LogP contribution in [0.5, 0.6) is 0 Å². The van der Waals surface area contributed by atoms with E-state index in [1.165, 1.54) is 24.9 Å². The van der Waals surface area contributed by atoms with E-state index < -0.39 is 60.7 Å². The summed E-state index contributed by atoms with van der Waals surface area (Å²) in [5, 5.41) is 32.0. The minimum atomic E-state index is -1.32. The molecule has 0 bridgehead atoms. The minimum Gasteiger partial charge on any atom is -0.449 e. The summed E-state index contributed by atoms with van der Waals surface area (Å²) < 4.78 is 30.6. The fourth-order valence-corrected chi connectivity index (χ4v) is 6.52. The fourth-order valence-electron chi connectivity index (χ4n) is 6.52. The van der Waals surface area contributed by atoms with Crippen LogP contribution in [0.25, 0.3) is 11.2 Å². The standard InChI is InChI=1S/C15H18N4O5.C10H12FN5O4/c1-5-9(16)12(21)8-6(4-24-14(17)22)15(23-2)13-7(18-13)3-19(15)10(8)11(5)20;11-10-14-7(12)4-8(15-10)16(2-13-4)9-6(19)5(18)3(1-17)20-9/h6-7,13,18H,3-4,16H2,1-2H3,(H2,17,22);2-3,5-6,9,17-19H,1H2,(H2,12,14,15)/t6-,7+,13+,15-;3-,5-,6+,9-/m11/s1. The number of nitrogens with zero attached hydrogens (tertiary/aromatic N) is 5. The molecule has 1 aliphatic carbocycles. The second-order valence-electron chi connectivity index (χ2n) is 10.9. The number of nitrogen functional groups attached to an aromatic ring is 1. The number of ether oxygens (including phenoxy) is 3. The minimum absolute atomic E-state index is 0.0323. The average molecular weight is 620 g/mol. The number of halogens is 1. The van der Waals surface area contributed by atoms with E-state index in [-0.39, 0.29) is 58.3 Å². The number of primary amides is 1. The molecule has 0 spiro atoms. The number of aliphatic hydroxyl groups is 3. The summed E-state index contributed by atoms with van der Waals surface area (Å²) in [5.41, 5.74) is 16.4. The number of aromatic nitrogens is 4. The number of piperazine rings is 1. The molecule has 1 amide bonds. The number of nitrogens with one attached hydrogen (secondary N) is 1. The van der Waals surface area contributed by atoms with Gasteiger partial charge in [0.05, 0.1) is 36.3 Å². The summed E-state index contributed by atoms with van der Waals surface area (Å²) in [5.74, 6) is -1.48. The first kappa shape index (κ1) is 29.8. The van der Waals surface area contributed by atoms with Gasteiger partial charge in [0.1, 0.15) is 24.9 Å². The van der Waals surface area contributed by atoms with Gasteiger partial charge >= 0.3 is 12.2 Å². The smallest absolute Gasteiger partial charge is 0.404 e. The molecule has 3 saturated heterocycles. The molecule has 2 aromatic rings. The number of allylic oxidation sites excluding steroid dienone is 2. The van der Waals surface area contributed by atoms with Crippen LogP contribution in [0.3, 0.4) is 0 Å². The van der Waals surface area contributed by atoms with E-state index >= 15 is 0 Å². The van der Waals surface area contributed by atoms with Crippen LogP contribution in [0.2, 0.25) is 0 Å². The van der Waals surface area contributed by atoms with Crippen LogP contribution in [0, 0.1) is 12.0 Å². The van der Waals surface area contributed by atoms with Crippen molar-refractivity contribution in [3.63, 3.8) is 0 Å². The van der Waals surface area contributed by atoms with Gasteiger partial charge in [0.2, 0.25) is 11.6 Å². The third kappa shape index (κ3) is 4.15. The van der Waals surface area contributed by atoms with Gasteiger partial charge in [0, 0.05) is 30.8 Å². The van der Waals surface area contributed by atoms with Crippen LogP contribution < -0.4 is 22.5 Å². The van der Waals surface area contributed by atoms with Crippen molar-refractivity contribution in [1.82, 2.24) is 29.7 Å². The number of Topliss-reactive ketones (excluding diaryl/α,β-unsaturated/α-hetero) is 2. The molecule has 2 aromatic heterocycles. The van der Waals surface area contributed by atoms with Gasteiger partial charge < -0.3 is 56.9 Å². The Hall–Kier alpha value is -4.27. The molecular weight excluding hydrogens is 589 g/mol. The van der Waals surface area contributed by atoms with Gasteiger partial charge in [0.25, 0.3) is 0 Å². The molecule has 3 fully saturated rings. The Morgan fingerprint density at radius 1 is 1.25 bits per heavy atom. The monoisotopic (exact) mass is 619 g/mol. The Morgan fingerprint density at radius 3 is 2.61 bits per heavy atom. The molecule has 18 nitrogen and oxygen atoms in total.